The van der Waals surface area contributed by atoms with Gasteiger partial charge in [0.05, 0.1) is 5.41 Å². The second-order valence-electron chi connectivity index (χ2n) is 5.54. The van der Waals surface area contributed by atoms with Crippen molar-refractivity contribution in [1.29, 1.82) is 0 Å². The highest BCUT2D eigenvalue weighted by molar-refractivity contribution is 5.77. The largest absolute Gasteiger partial charge is 0.481 e. The van der Waals surface area contributed by atoms with Gasteiger partial charge in [0.15, 0.2) is 0 Å². The number of benzene rings is 1. The molecule has 0 spiro atoms. The molecule has 5 heteroatoms. The molecular weight excluding hydrogens is 256 g/mol. The molecule has 5 nitrogen and oxygen atoms in total. The molecule has 0 aliphatic heterocycles. The summed E-state index contributed by atoms with van der Waals surface area (Å²) in [7, 11) is 0. The van der Waals surface area contributed by atoms with E-state index in [4.69, 9.17) is 5.11 Å². The van der Waals surface area contributed by atoms with Gasteiger partial charge in [-0.2, -0.15) is 0 Å². The first-order valence-corrected chi connectivity index (χ1v) is 6.62. The second-order valence-corrected chi connectivity index (χ2v) is 5.54. The van der Waals surface area contributed by atoms with Crippen LogP contribution < -0.4 is 10.6 Å². The average Bonchev–Trinajstić information content (AvgIpc) is 2.36. The zero-order chi connectivity index (χ0) is 15.2. The lowest BCUT2D eigenvalue weighted by Gasteiger charge is -2.19. The van der Waals surface area contributed by atoms with Gasteiger partial charge in [-0.3, -0.25) is 4.79 Å². The number of rotatable bonds is 6. The molecular formula is C15H22N2O3. The van der Waals surface area contributed by atoms with E-state index in [1.165, 1.54) is 5.56 Å². The Morgan fingerprint density at radius 2 is 1.95 bits per heavy atom. The maximum atomic E-state index is 11.6. The van der Waals surface area contributed by atoms with E-state index in [-0.39, 0.29) is 12.6 Å². The van der Waals surface area contributed by atoms with Crippen LogP contribution in [0.1, 0.15) is 25.0 Å². The van der Waals surface area contributed by atoms with Crippen LogP contribution in [0.15, 0.2) is 24.3 Å². The first-order valence-electron chi connectivity index (χ1n) is 6.62. The third-order valence-electron chi connectivity index (χ3n) is 3.05. The molecule has 3 N–H and O–H groups in total. The Morgan fingerprint density at radius 1 is 1.25 bits per heavy atom. The maximum Gasteiger partial charge on any atom is 0.314 e. The van der Waals surface area contributed by atoms with E-state index in [9.17, 15) is 9.59 Å². The molecule has 0 heterocycles. The van der Waals surface area contributed by atoms with Gasteiger partial charge in [0.1, 0.15) is 0 Å². The van der Waals surface area contributed by atoms with Crippen LogP contribution in [0.25, 0.3) is 0 Å². The lowest BCUT2D eigenvalue weighted by molar-refractivity contribution is -0.146. The highest BCUT2D eigenvalue weighted by atomic mass is 16.4. The van der Waals surface area contributed by atoms with E-state index >= 15 is 0 Å². The molecule has 0 atom stereocenters. The third kappa shape index (κ3) is 5.30. The van der Waals surface area contributed by atoms with E-state index in [1.54, 1.807) is 13.8 Å². The second kappa shape index (κ2) is 6.93. The summed E-state index contributed by atoms with van der Waals surface area (Å²) in [6, 6.07) is 7.76. The summed E-state index contributed by atoms with van der Waals surface area (Å²) in [6.45, 7) is 5.78. The minimum Gasteiger partial charge on any atom is -0.481 e. The Hall–Kier alpha value is -2.04. The average molecular weight is 278 g/mol. The van der Waals surface area contributed by atoms with Crippen LogP contribution in [-0.2, 0) is 11.2 Å². The monoisotopic (exact) mass is 278 g/mol. The predicted octanol–water partition coefficient (Wildman–Crippen LogP) is 1.95. The fourth-order valence-electron chi connectivity index (χ4n) is 1.63. The van der Waals surface area contributed by atoms with Crippen molar-refractivity contribution in [3.8, 4) is 0 Å². The first-order chi connectivity index (χ1) is 9.31. The number of carboxylic acid groups (broad SMARTS) is 1. The minimum absolute atomic E-state index is 0.0958. The molecule has 2 amide bonds. The number of urea groups is 1. The number of hydrogen-bond acceptors (Lipinski definition) is 2. The highest BCUT2D eigenvalue weighted by Crippen LogP contribution is 2.12. The number of amides is 2. The van der Waals surface area contributed by atoms with Crippen LogP contribution in [0.5, 0.6) is 0 Å². The van der Waals surface area contributed by atoms with Crippen molar-refractivity contribution >= 4 is 12.0 Å². The number of carboxylic acids is 1. The van der Waals surface area contributed by atoms with Crippen molar-refractivity contribution in [2.24, 2.45) is 5.41 Å². The molecule has 0 aromatic heterocycles. The molecule has 0 bridgehead atoms. The Labute approximate surface area is 119 Å². The molecule has 1 rings (SSSR count). The van der Waals surface area contributed by atoms with E-state index < -0.39 is 11.4 Å². The van der Waals surface area contributed by atoms with Gasteiger partial charge in [0.2, 0.25) is 0 Å². The van der Waals surface area contributed by atoms with Crippen molar-refractivity contribution in [3.63, 3.8) is 0 Å². The first kappa shape index (κ1) is 16.0. The number of nitrogens with one attached hydrogen (secondary N) is 2. The molecule has 0 saturated carbocycles. The SMILES string of the molecule is Cc1cccc(CCNC(=O)NCC(C)(C)C(=O)O)c1. The molecule has 1 aromatic rings. The summed E-state index contributed by atoms with van der Waals surface area (Å²) in [6.07, 6.45) is 0.747. The van der Waals surface area contributed by atoms with Gasteiger partial charge < -0.3 is 15.7 Å². The third-order valence-corrected chi connectivity index (χ3v) is 3.05. The maximum absolute atomic E-state index is 11.6. The normalized spacial score (nSPS) is 10.9. The van der Waals surface area contributed by atoms with Crippen LogP contribution in [-0.4, -0.2) is 30.2 Å². The van der Waals surface area contributed by atoms with Gasteiger partial charge in [-0.05, 0) is 32.8 Å². The standard InChI is InChI=1S/C15H22N2O3/c1-11-5-4-6-12(9-11)7-8-16-14(20)17-10-15(2,3)13(18)19/h4-6,9H,7-8,10H2,1-3H3,(H,18,19)(H2,16,17,20). The van der Waals surface area contributed by atoms with Gasteiger partial charge in [-0.1, -0.05) is 29.8 Å². The summed E-state index contributed by atoms with van der Waals surface area (Å²) >= 11 is 0. The topological polar surface area (TPSA) is 78.4 Å². The molecule has 0 unspecified atom stereocenters. The van der Waals surface area contributed by atoms with Crippen molar-refractivity contribution in [1.82, 2.24) is 10.6 Å². The van der Waals surface area contributed by atoms with Gasteiger partial charge in [-0.15, -0.1) is 0 Å². The van der Waals surface area contributed by atoms with Crippen LogP contribution >= 0.6 is 0 Å². The van der Waals surface area contributed by atoms with Gasteiger partial charge >= 0.3 is 12.0 Å². The lowest BCUT2D eigenvalue weighted by atomic mass is 9.94. The lowest BCUT2D eigenvalue weighted by Crippen LogP contribution is -2.43. The van der Waals surface area contributed by atoms with Crippen LogP contribution in [0.4, 0.5) is 4.79 Å². The summed E-state index contributed by atoms with van der Waals surface area (Å²) < 4.78 is 0. The quantitative estimate of drug-likeness (QED) is 0.744. The van der Waals surface area contributed by atoms with E-state index in [1.807, 2.05) is 25.1 Å². The minimum atomic E-state index is -0.964. The van der Waals surface area contributed by atoms with Gasteiger partial charge in [0.25, 0.3) is 0 Å². The fourth-order valence-corrected chi connectivity index (χ4v) is 1.63. The molecule has 0 radical (unpaired) electrons. The van der Waals surface area contributed by atoms with Gasteiger partial charge in [0, 0.05) is 13.1 Å². The van der Waals surface area contributed by atoms with E-state index in [2.05, 4.69) is 16.7 Å². The number of carbonyl (C=O) groups is 2. The number of aliphatic carboxylic acids is 1. The zero-order valence-corrected chi connectivity index (χ0v) is 12.2. The highest BCUT2D eigenvalue weighted by Gasteiger charge is 2.27. The number of hydrogen-bond donors (Lipinski definition) is 3. The smallest absolute Gasteiger partial charge is 0.314 e. The Morgan fingerprint density at radius 3 is 2.55 bits per heavy atom. The van der Waals surface area contributed by atoms with Crippen molar-refractivity contribution < 1.29 is 14.7 Å². The van der Waals surface area contributed by atoms with Crippen molar-refractivity contribution in [2.75, 3.05) is 13.1 Å². The summed E-state index contributed by atoms with van der Waals surface area (Å²) in [5.74, 6) is -0.933. The van der Waals surface area contributed by atoms with Gasteiger partial charge in [-0.25, -0.2) is 4.79 Å². The summed E-state index contributed by atoms with van der Waals surface area (Å²) in [4.78, 5) is 22.4. The van der Waals surface area contributed by atoms with Crippen molar-refractivity contribution in [2.45, 2.75) is 27.2 Å². The molecule has 0 fully saturated rings. The van der Waals surface area contributed by atoms with Crippen LogP contribution in [0.3, 0.4) is 0 Å². The van der Waals surface area contributed by atoms with E-state index in [0.717, 1.165) is 12.0 Å². The molecule has 0 aliphatic carbocycles. The molecule has 20 heavy (non-hydrogen) atoms. The summed E-state index contributed by atoms with van der Waals surface area (Å²) in [5.41, 5.74) is 1.39. The Kier molecular flexibility index (Phi) is 5.55. The predicted molar refractivity (Wildman–Crippen MR) is 77.7 cm³/mol. The Bertz CT molecular complexity index is 484. The van der Waals surface area contributed by atoms with E-state index in [0.29, 0.717) is 6.54 Å². The number of carbonyl (C=O) groups excluding carboxylic acids is 1. The molecule has 0 aliphatic rings. The fraction of sp³-hybridized carbons (Fsp3) is 0.467. The summed E-state index contributed by atoms with van der Waals surface area (Å²) in [5, 5.41) is 14.2. The Balaban J connectivity index is 2.29. The molecule has 110 valence electrons. The molecule has 1 aromatic carbocycles. The molecule has 0 saturated heterocycles. The van der Waals surface area contributed by atoms with Crippen molar-refractivity contribution in [3.05, 3.63) is 35.4 Å². The van der Waals surface area contributed by atoms with Crippen LogP contribution in [0.2, 0.25) is 0 Å². The zero-order valence-electron chi connectivity index (χ0n) is 12.2. The number of aryl methyl sites for hydroxylation is 1. The van der Waals surface area contributed by atoms with Crippen LogP contribution in [0, 0.1) is 12.3 Å².